The molecule has 0 aliphatic carbocycles. The lowest BCUT2D eigenvalue weighted by molar-refractivity contribution is 0.569. The van der Waals surface area contributed by atoms with Gasteiger partial charge < -0.3 is 4.90 Å². The van der Waals surface area contributed by atoms with Gasteiger partial charge in [-0.25, -0.2) is 8.42 Å². The second-order valence-electron chi connectivity index (χ2n) is 5.42. The van der Waals surface area contributed by atoms with E-state index in [1.54, 1.807) is 6.92 Å². The molecule has 1 saturated heterocycles. The molecule has 20 heavy (non-hydrogen) atoms. The molecule has 2 aromatic rings. The molecule has 2 heterocycles. The first kappa shape index (κ1) is 13.4. The number of hydrogen-bond donors (Lipinski definition) is 0. The molecule has 1 unspecified atom stereocenters. The molecule has 0 saturated carbocycles. The van der Waals surface area contributed by atoms with E-state index in [0.29, 0.717) is 13.1 Å². The highest BCUT2D eigenvalue weighted by Gasteiger charge is 2.30. The Morgan fingerprint density at radius 1 is 1.30 bits per heavy atom. The number of sulfone groups is 1. The topological polar surface area (TPSA) is 50.3 Å². The van der Waals surface area contributed by atoms with Gasteiger partial charge in [0, 0.05) is 29.9 Å². The van der Waals surface area contributed by atoms with E-state index in [-0.39, 0.29) is 11.0 Å². The van der Waals surface area contributed by atoms with Crippen LogP contribution in [0.15, 0.2) is 30.3 Å². The third-order valence-corrected chi connectivity index (χ3v) is 6.03. The lowest BCUT2D eigenvalue weighted by Crippen LogP contribution is -2.45. The predicted octanol–water partition coefficient (Wildman–Crippen LogP) is 2.17. The van der Waals surface area contributed by atoms with Crippen LogP contribution in [-0.2, 0) is 9.84 Å². The van der Waals surface area contributed by atoms with E-state index in [0.717, 1.165) is 22.3 Å². The second-order valence-corrected chi connectivity index (χ2v) is 7.96. The first-order chi connectivity index (χ1) is 9.47. The molecule has 4 nitrogen and oxygen atoms in total. The number of fused-ring (bicyclic) bond motifs is 1. The highest BCUT2D eigenvalue weighted by atomic mass is 32.2. The number of anilines is 1. The number of nitrogens with zero attached hydrogens (tertiary/aromatic N) is 2. The number of aromatic nitrogens is 1. The largest absolute Gasteiger partial charge is 0.369 e. The maximum Gasteiger partial charge on any atom is 0.156 e. The van der Waals surface area contributed by atoms with Crippen LogP contribution < -0.4 is 4.90 Å². The fraction of sp³-hybridized carbons (Fsp3) is 0.400. The summed E-state index contributed by atoms with van der Waals surface area (Å²) in [4.78, 5) is 6.70. The molecule has 5 heteroatoms. The van der Waals surface area contributed by atoms with Gasteiger partial charge in [-0.2, -0.15) is 0 Å². The zero-order chi connectivity index (χ0) is 14.3. The summed E-state index contributed by atoms with van der Waals surface area (Å²) in [5, 5.41) is 0.771. The quantitative estimate of drug-likeness (QED) is 0.807. The van der Waals surface area contributed by atoms with Crippen LogP contribution in [0.3, 0.4) is 0 Å². The first-order valence-electron chi connectivity index (χ1n) is 6.80. The molecule has 1 fully saturated rings. The predicted molar refractivity (Wildman–Crippen MR) is 81.9 cm³/mol. The monoisotopic (exact) mass is 290 g/mol. The van der Waals surface area contributed by atoms with Crippen LogP contribution in [0.5, 0.6) is 0 Å². The molecular weight excluding hydrogens is 272 g/mol. The summed E-state index contributed by atoms with van der Waals surface area (Å²) in [7, 11) is -2.92. The molecule has 1 atom stereocenters. The molecule has 1 aromatic carbocycles. The Balaban J connectivity index is 2.07. The minimum absolute atomic E-state index is 0.226. The average molecular weight is 290 g/mol. The molecule has 0 radical (unpaired) electrons. The summed E-state index contributed by atoms with van der Waals surface area (Å²) in [6, 6.07) is 10.1. The van der Waals surface area contributed by atoms with Gasteiger partial charge in [-0.05, 0) is 26.0 Å². The van der Waals surface area contributed by atoms with Crippen LogP contribution >= 0.6 is 0 Å². The molecular formula is C15H18N2O2S. The van der Waals surface area contributed by atoms with Crippen molar-refractivity contribution in [3.8, 4) is 0 Å². The third-order valence-electron chi connectivity index (χ3n) is 3.90. The van der Waals surface area contributed by atoms with Crippen molar-refractivity contribution >= 4 is 26.4 Å². The van der Waals surface area contributed by atoms with Gasteiger partial charge in [-0.15, -0.1) is 0 Å². The van der Waals surface area contributed by atoms with Crippen LogP contribution in [0.25, 0.3) is 10.9 Å². The van der Waals surface area contributed by atoms with Gasteiger partial charge in [0.1, 0.15) is 0 Å². The first-order valence-corrected chi connectivity index (χ1v) is 8.52. The third kappa shape index (κ3) is 2.26. The molecule has 1 aliphatic heterocycles. The van der Waals surface area contributed by atoms with Crippen molar-refractivity contribution in [2.24, 2.45) is 0 Å². The van der Waals surface area contributed by atoms with E-state index in [9.17, 15) is 8.42 Å². The van der Waals surface area contributed by atoms with E-state index in [1.807, 2.05) is 37.3 Å². The molecule has 0 amide bonds. The lowest BCUT2D eigenvalue weighted by Gasteiger charge is -2.33. The Kier molecular flexibility index (Phi) is 3.17. The number of hydrogen-bond acceptors (Lipinski definition) is 4. The van der Waals surface area contributed by atoms with Crippen LogP contribution in [0.2, 0.25) is 0 Å². The number of pyridine rings is 1. The van der Waals surface area contributed by atoms with Crippen molar-refractivity contribution in [1.82, 2.24) is 4.98 Å². The Hall–Kier alpha value is -1.62. The summed E-state index contributed by atoms with van der Waals surface area (Å²) in [6.45, 7) is 4.87. The van der Waals surface area contributed by atoms with Gasteiger partial charge in [0.15, 0.2) is 9.84 Å². The molecule has 0 spiro atoms. The fourth-order valence-electron chi connectivity index (χ4n) is 2.72. The van der Waals surface area contributed by atoms with Gasteiger partial charge >= 0.3 is 0 Å². The van der Waals surface area contributed by atoms with Crippen molar-refractivity contribution < 1.29 is 8.42 Å². The smallest absolute Gasteiger partial charge is 0.156 e. The molecule has 106 valence electrons. The van der Waals surface area contributed by atoms with E-state index in [4.69, 9.17) is 0 Å². The van der Waals surface area contributed by atoms with E-state index in [1.165, 1.54) is 0 Å². The Bertz CT molecular complexity index is 756. The number of benzene rings is 1. The van der Waals surface area contributed by atoms with Crippen LogP contribution in [0.4, 0.5) is 5.69 Å². The van der Waals surface area contributed by atoms with Gasteiger partial charge in [0.2, 0.25) is 0 Å². The van der Waals surface area contributed by atoms with Crippen LogP contribution in [0, 0.1) is 6.92 Å². The standard InChI is InChI=1S/C15H18N2O2S/c1-11-9-15(13-5-3-4-6-14(13)16-11)17-7-8-20(18,19)12(2)10-17/h3-6,9,12H,7-8,10H2,1-2H3. The minimum atomic E-state index is -2.92. The maximum atomic E-state index is 11.8. The summed E-state index contributed by atoms with van der Waals surface area (Å²) in [5.74, 6) is 0.226. The van der Waals surface area contributed by atoms with Crippen molar-refractivity contribution in [1.29, 1.82) is 0 Å². The van der Waals surface area contributed by atoms with E-state index in [2.05, 4.69) is 9.88 Å². The summed E-state index contributed by atoms with van der Waals surface area (Å²) < 4.78 is 23.7. The maximum absolute atomic E-state index is 11.8. The Morgan fingerprint density at radius 2 is 2.05 bits per heavy atom. The number of rotatable bonds is 1. The van der Waals surface area contributed by atoms with Crippen molar-refractivity contribution in [3.05, 3.63) is 36.0 Å². The molecule has 1 aromatic heterocycles. The SMILES string of the molecule is Cc1cc(N2CCS(=O)(=O)C(C)C2)c2ccccc2n1. The van der Waals surface area contributed by atoms with Crippen molar-refractivity contribution in [2.45, 2.75) is 19.1 Å². The molecule has 1 aliphatic rings. The summed E-state index contributed by atoms with van der Waals surface area (Å²) in [5.41, 5.74) is 3.01. The fourth-order valence-corrected chi connectivity index (χ4v) is 4.00. The normalized spacial score (nSPS) is 22.1. The lowest BCUT2D eigenvalue weighted by atomic mass is 10.1. The minimum Gasteiger partial charge on any atom is -0.369 e. The molecule has 0 N–H and O–H groups in total. The van der Waals surface area contributed by atoms with Gasteiger partial charge in [0.05, 0.1) is 16.5 Å². The zero-order valence-electron chi connectivity index (χ0n) is 11.7. The molecule has 3 rings (SSSR count). The van der Waals surface area contributed by atoms with Crippen molar-refractivity contribution in [2.75, 3.05) is 23.7 Å². The number of aryl methyl sites for hydroxylation is 1. The van der Waals surface area contributed by atoms with Crippen LogP contribution in [-0.4, -0.2) is 37.5 Å². The Labute approximate surface area is 119 Å². The highest BCUT2D eigenvalue weighted by molar-refractivity contribution is 7.92. The van der Waals surface area contributed by atoms with Crippen LogP contribution in [0.1, 0.15) is 12.6 Å². The summed E-state index contributed by atoms with van der Waals surface area (Å²) in [6.07, 6.45) is 0. The van der Waals surface area contributed by atoms with Gasteiger partial charge in [-0.3, -0.25) is 4.98 Å². The summed E-state index contributed by atoms with van der Waals surface area (Å²) >= 11 is 0. The van der Waals surface area contributed by atoms with E-state index >= 15 is 0 Å². The number of para-hydroxylation sites is 1. The van der Waals surface area contributed by atoms with Crippen molar-refractivity contribution in [3.63, 3.8) is 0 Å². The van der Waals surface area contributed by atoms with E-state index < -0.39 is 9.84 Å². The highest BCUT2D eigenvalue weighted by Crippen LogP contribution is 2.29. The second kappa shape index (κ2) is 4.74. The zero-order valence-corrected chi connectivity index (χ0v) is 12.5. The van der Waals surface area contributed by atoms with Gasteiger partial charge in [-0.1, -0.05) is 18.2 Å². The Morgan fingerprint density at radius 3 is 2.80 bits per heavy atom. The average Bonchev–Trinajstić information content (AvgIpc) is 2.41. The molecule has 0 bridgehead atoms. The van der Waals surface area contributed by atoms with Gasteiger partial charge in [0.25, 0.3) is 0 Å².